The summed E-state index contributed by atoms with van der Waals surface area (Å²) in [6, 6.07) is 5.36. The predicted octanol–water partition coefficient (Wildman–Crippen LogP) is 3.87. The molecule has 0 N–H and O–H groups in total. The molecule has 0 atom stereocenters. The number of halogens is 1. The zero-order valence-electron chi connectivity index (χ0n) is 16.4. The van der Waals surface area contributed by atoms with Gasteiger partial charge in [0.25, 0.3) is 0 Å². The average Bonchev–Trinajstić information content (AvgIpc) is 3.29. The highest BCUT2D eigenvalue weighted by molar-refractivity contribution is 6.34. The molecule has 1 aliphatic rings. The van der Waals surface area contributed by atoms with Gasteiger partial charge in [0.1, 0.15) is 12.0 Å². The molecule has 0 unspecified atom stereocenters. The minimum Gasteiger partial charge on any atom is -0.339 e. The monoisotopic (exact) mass is 400 g/mol. The molecule has 8 nitrogen and oxygen atoms in total. The van der Waals surface area contributed by atoms with Crippen LogP contribution in [0.5, 0.6) is 0 Å². The van der Waals surface area contributed by atoms with E-state index < -0.39 is 5.54 Å². The van der Waals surface area contributed by atoms with Crippen LogP contribution >= 0.6 is 11.6 Å². The van der Waals surface area contributed by atoms with E-state index in [1.807, 2.05) is 37.5 Å². The number of rotatable bonds is 2. The van der Waals surface area contributed by atoms with Crippen molar-refractivity contribution in [2.24, 2.45) is 0 Å². The van der Waals surface area contributed by atoms with Gasteiger partial charge >= 0.3 is 6.03 Å². The fourth-order valence-electron chi connectivity index (χ4n) is 3.61. The fraction of sp³-hybridized carbons (Fsp3) is 0.368. The second-order valence-corrected chi connectivity index (χ2v) is 7.76. The summed E-state index contributed by atoms with van der Waals surface area (Å²) >= 11 is 6.54. The summed E-state index contributed by atoms with van der Waals surface area (Å²) in [5.74, 6) is 0.941. The van der Waals surface area contributed by atoms with Gasteiger partial charge in [0.05, 0.1) is 27.6 Å². The number of nitrogens with zero attached hydrogens (tertiary/aromatic N) is 6. The molecule has 3 aromatic rings. The first-order valence-corrected chi connectivity index (χ1v) is 9.36. The molecule has 0 fully saturated rings. The number of imidazole rings is 1. The van der Waals surface area contributed by atoms with Crippen molar-refractivity contribution < 1.29 is 9.32 Å². The van der Waals surface area contributed by atoms with E-state index in [2.05, 4.69) is 15.1 Å². The second kappa shape index (κ2) is 6.34. The Bertz CT molecular complexity index is 1070. The molecule has 1 aliphatic heterocycles. The van der Waals surface area contributed by atoms with Crippen LogP contribution in [0.15, 0.2) is 29.0 Å². The molecule has 0 bridgehead atoms. The van der Waals surface area contributed by atoms with Gasteiger partial charge in [-0.15, -0.1) is 0 Å². The molecule has 0 aliphatic carbocycles. The lowest BCUT2D eigenvalue weighted by Crippen LogP contribution is -2.53. The van der Waals surface area contributed by atoms with Crippen LogP contribution in [-0.2, 0) is 12.0 Å². The van der Waals surface area contributed by atoms with Gasteiger partial charge in [-0.25, -0.2) is 9.78 Å². The number of benzene rings is 1. The Labute approximate surface area is 167 Å². The summed E-state index contributed by atoms with van der Waals surface area (Å²) in [5.41, 5.74) is 2.02. The van der Waals surface area contributed by atoms with Gasteiger partial charge in [0.15, 0.2) is 0 Å². The average molecular weight is 401 g/mol. The largest absolute Gasteiger partial charge is 0.339 e. The number of urea groups is 1. The predicted molar refractivity (Wildman–Crippen MR) is 106 cm³/mol. The molecule has 0 saturated carbocycles. The Morgan fingerprint density at radius 1 is 1.32 bits per heavy atom. The Balaban J connectivity index is 2.02. The maximum Gasteiger partial charge on any atom is 0.324 e. The SMILES string of the molecule is CCc1nc(-c2ncn3c2C(C)(C)N(C(=O)N(C)C)c2c(Cl)cccc2-3)no1. The quantitative estimate of drug-likeness (QED) is 0.652. The number of carbonyl (C=O) groups excluding carboxylic acids is 1. The molecule has 0 radical (unpaired) electrons. The third-order valence-corrected chi connectivity index (χ3v) is 5.22. The van der Waals surface area contributed by atoms with Crippen LogP contribution in [0, 0.1) is 0 Å². The smallest absolute Gasteiger partial charge is 0.324 e. The highest BCUT2D eigenvalue weighted by Gasteiger charge is 2.46. The number of hydrogen-bond donors (Lipinski definition) is 0. The molecular formula is C19H21ClN6O2. The van der Waals surface area contributed by atoms with Gasteiger partial charge in [-0.2, -0.15) is 4.98 Å². The summed E-state index contributed by atoms with van der Waals surface area (Å²) in [6.07, 6.45) is 2.34. The maximum absolute atomic E-state index is 13.2. The first-order valence-electron chi connectivity index (χ1n) is 8.98. The summed E-state index contributed by atoms with van der Waals surface area (Å²) < 4.78 is 7.22. The van der Waals surface area contributed by atoms with Crippen molar-refractivity contribution in [2.75, 3.05) is 19.0 Å². The minimum atomic E-state index is -0.766. The van der Waals surface area contributed by atoms with Gasteiger partial charge in [-0.05, 0) is 26.0 Å². The maximum atomic E-state index is 13.2. The van der Waals surface area contributed by atoms with Gasteiger partial charge in [0.2, 0.25) is 11.7 Å². The molecule has 146 valence electrons. The lowest BCUT2D eigenvalue weighted by atomic mass is 9.91. The highest BCUT2D eigenvalue weighted by Crippen LogP contribution is 2.48. The van der Waals surface area contributed by atoms with E-state index in [-0.39, 0.29) is 6.03 Å². The van der Waals surface area contributed by atoms with E-state index in [1.54, 1.807) is 31.4 Å². The molecule has 0 spiro atoms. The van der Waals surface area contributed by atoms with Crippen molar-refractivity contribution in [1.29, 1.82) is 0 Å². The van der Waals surface area contributed by atoms with Gasteiger partial charge in [-0.1, -0.05) is 29.7 Å². The lowest BCUT2D eigenvalue weighted by molar-refractivity contribution is 0.215. The van der Waals surface area contributed by atoms with Crippen LogP contribution in [0.4, 0.5) is 10.5 Å². The number of aryl methyl sites for hydroxylation is 1. The highest BCUT2D eigenvalue weighted by atomic mass is 35.5. The molecule has 2 amide bonds. The summed E-state index contributed by atoms with van der Waals surface area (Å²) in [4.78, 5) is 25.4. The molecule has 0 saturated heterocycles. The lowest BCUT2D eigenvalue weighted by Gasteiger charge is -2.45. The number of hydrogen-bond acceptors (Lipinski definition) is 5. The molecular weight excluding hydrogens is 380 g/mol. The Kier molecular flexibility index (Phi) is 4.19. The molecule has 1 aromatic carbocycles. The van der Waals surface area contributed by atoms with Gasteiger partial charge in [0, 0.05) is 20.5 Å². The zero-order valence-corrected chi connectivity index (χ0v) is 17.2. The van der Waals surface area contributed by atoms with Crippen LogP contribution < -0.4 is 4.90 Å². The number of carbonyl (C=O) groups is 1. The number of para-hydroxylation sites is 1. The van der Waals surface area contributed by atoms with Crippen LogP contribution in [0.3, 0.4) is 0 Å². The van der Waals surface area contributed by atoms with Crippen LogP contribution in [-0.4, -0.2) is 44.7 Å². The zero-order chi connectivity index (χ0) is 20.2. The molecule has 3 heterocycles. The van der Waals surface area contributed by atoms with Crippen LogP contribution in [0.1, 0.15) is 32.4 Å². The third kappa shape index (κ3) is 2.51. The van der Waals surface area contributed by atoms with E-state index in [4.69, 9.17) is 16.1 Å². The standard InChI is InChI=1S/C19H21ClN6O2/c1-6-13-22-17(23-28-13)14-16-19(2,3)26(18(27)24(4)5)15-11(20)8-7-9-12(15)25(16)10-21-14/h7-10H,6H2,1-5H3. The number of fused-ring (bicyclic) bond motifs is 3. The number of amides is 2. The molecule has 4 rings (SSSR count). The van der Waals surface area contributed by atoms with E-state index in [9.17, 15) is 4.79 Å². The van der Waals surface area contributed by atoms with Crippen molar-refractivity contribution in [3.63, 3.8) is 0 Å². The van der Waals surface area contributed by atoms with Gasteiger partial charge < -0.3 is 9.42 Å². The van der Waals surface area contributed by atoms with Gasteiger partial charge in [-0.3, -0.25) is 9.47 Å². The normalized spacial score (nSPS) is 14.6. The van der Waals surface area contributed by atoms with Crippen molar-refractivity contribution in [2.45, 2.75) is 32.7 Å². The molecule has 28 heavy (non-hydrogen) atoms. The minimum absolute atomic E-state index is 0.180. The Morgan fingerprint density at radius 2 is 2.07 bits per heavy atom. The van der Waals surface area contributed by atoms with E-state index in [1.165, 1.54) is 4.90 Å². The number of aromatic nitrogens is 4. The van der Waals surface area contributed by atoms with E-state index in [0.29, 0.717) is 34.5 Å². The van der Waals surface area contributed by atoms with E-state index in [0.717, 1.165) is 11.4 Å². The topological polar surface area (TPSA) is 80.3 Å². The Morgan fingerprint density at radius 3 is 2.71 bits per heavy atom. The van der Waals surface area contributed by atoms with Crippen molar-refractivity contribution in [3.05, 3.63) is 41.1 Å². The molecule has 2 aromatic heterocycles. The third-order valence-electron chi connectivity index (χ3n) is 4.91. The first-order chi connectivity index (χ1) is 13.3. The number of anilines is 1. The van der Waals surface area contributed by atoms with Crippen molar-refractivity contribution in [1.82, 2.24) is 24.6 Å². The molecule has 9 heteroatoms. The summed E-state index contributed by atoms with van der Waals surface area (Å²) in [6.45, 7) is 5.86. The Hall–Kier alpha value is -2.87. The second-order valence-electron chi connectivity index (χ2n) is 7.36. The van der Waals surface area contributed by atoms with Crippen molar-refractivity contribution in [3.8, 4) is 17.2 Å². The summed E-state index contributed by atoms with van der Waals surface area (Å²) in [7, 11) is 3.43. The van der Waals surface area contributed by atoms with Crippen LogP contribution in [0.25, 0.3) is 17.2 Å². The van der Waals surface area contributed by atoms with Crippen LogP contribution in [0.2, 0.25) is 5.02 Å². The first kappa shape index (κ1) is 18.5. The van der Waals surface area contributed by atoms with E-state index >= 15 is 0 Å². The van der Waals surface area contributed by atoms with Crippen molar-refractivity contribution >= 4 is 23.3 Å². The summed E-state index contributed by atoms with van der Waals surface area (Å²) in [5, 5.41) is 4.57. The fourth-order valence-corrected chi connectivity index (χ4v) is 3.87.